The Morgan fingerprint density at radius 3 is 2.47 bits per heavy atom. The molecule has 0 unspecified atom stereocenters. The van der Waals surface area contributed by atoms with Crippen LogP contribution in [0.1, 0.15) is 47.4 Å². The van der Waals surface area contributed by atoms with E-state index in [1.54, 1.807) is 30.6 Å². The summed E-state index contributed by atoms with van der Waals surface area (Å²) in [7, 11) is 1.60. The number of hydrogen-bond acceptors (Lipinski definition) is 4. The van der Waals surface area contributed by atoms with Crippen molar-refractivity contribution >= 4 is 22.3 Å². The second-order valence-electron chi connectivity index (χ2n) is 7.71. The molecule has 5 heteroatoms. The topological polar surface area (TPSA) is 56.0 Å². The third kappa shape index (κ3) is 4.32. The van der Waals surface area contributed by atoms with Crippen molar-refractivity contribution in [1.82, 2.24) is 0 Å². The van der Waals surface area contributed by atoms with Crippen LogP contribution >= 0.6 is 11.3 Å². The van der Waals surface area contributed by atoms with Crippen LogP contribution in [0.3, 0.4) is 0 Å². The Bertz CT molecular complexity index is 1180. The number of quaternary nitrogens is 1. The van der Waals surface area contributed by atoms with Gasteiger partial charge in [0, 0.05) is 28.6 Å². The van der Waals surface area contributed by atoms with Crippen molar-refractivity contribution < 1.29 is 14.5 Å². The molecule has 0 spiro atoms. The molecule has 30 heavy (non-hydrogen) atoms. The quantitative estimate of drug-likeness (QED) is 0.435. The maximum Gasteiger partial charge on any atom is 0.336 e. The molecule has 0 aliphatic carbocycles. The van der Waals surface area contributed by atoms with Crippen LogP contribution in [0.15, 0.2) is 75.3 Å². The van der Waals surface area contributed by atoms with Crippen LogP contribution in [0.25, 0.3) is 11.0 Å². The van der Waals surface area contributed by atoms with E-state index in [0.29, 0.717) is 23.8 Å². The third-order valence-corrected chi connectivity index (χ3v) is 6.38. The molecule has 0 amide bonds. The Morgan fingerprint density at radius 1 is 1.03 bits per heavy atom. The first-order valence-electron chi connectivity index (χ1n) is 10.1. The van der Waals surface area contributed by atoms with Crippen LogP contribution in [-0.4, -0.2) is 7.11 Å². The molecule has 0 saturated carbocycles. The second kappa shape index (κ2) is 8.86. The number of thiophene rings is 1. The Hall–Kier alpha value is -2.89. The van der Waals surface area contributed by atoms with E-state index in [1.165, 1.54) is 16.0 Å². The van der Waals surface area contributed by atoms with Gasteiger partial charge in [0.15, 0.2) is 0 Å². The fraction of sp³-hybridized carbons (Fsp3) is 0.240. The van der Waals surface area contributed by atoms with E-state index in [4.69, 9.17) is 9.15 Å². The molecule has 0 fully saturated rings. The average Bonchev–Trinajstić information content (AvgIpc) is 3.28. The van der Waals surface area contributed by atoms with Crippen LogP contribution in [0.2, 0.25) is 0 Å². The van der Waals surface area contributed by atoms with Gasteiger partial charge < -0.3 is 14.5 Å². The van der Waals surface area contributed by atoms with E-state index in [-0.39, 0.29) is 11.7 Å². The maximum absolute atomic E-state index is 12.1. The van der Waals surface area contributed by atoms with Gasteiger partial charge in [0.05, 0.1) is 12.0 Å². The molecular formula is C25H26NO3S+. The van der Waals surface area contributed by atoms with Crippen molar-refractivity contribution in [2.24, 2.45) is 0 Å². The zero-order valence-electron chi connectivity index (χ0n) is 17.4. The summed E-state index contributed by atoms with van der Waals surface area (Å²) in [6, 6.07) is 20.5. The molecule has 0 aliphatic rings. The van der Waals surface area contributed by atoms with E-state index >= 15 is 0 Å². The molecule has 2 aromatic heterocycles. The molecule has 2 heterocycles. The summed E-state index contributed by atoms with van der Waals surface area (Å²) >= 11 is 1.76. The lowest BCUT2D eigenvalue weighted by molar-refractivity contribution is -0.701. The minimum atomic E-state index is -0.340. The molecular weight excluding hydrogens is 394 g/mol. The van der Waals surface area contributed by atoms with Gasteiger partial charge in [0.25, 0.3) is 0 Å². The second-order valence-corrected chi connectivity index (χ2v) is 8.69. The Morgan fingerprint density at radius 2 is 1.80 bits per heavy atom. The minimum Gasteiger partial charge on any atom is -0.497 e. The molecule has 0 saturated heterocycles. The SMILES string of the molecule is COc1ccc2c(C[NH2+][C@H](c3ccc(C(C)C)cc3)c3cccs3)cc(=O)oc2c1. The first-order valence-corrected chi connectivity index (χ1v) is 11.0. The molecule has 0 radical (unpaired) electrons. The van der Waals surface area contributed by atoms with Crippen LogP contribution in [0, 0.1) is 0 Å². The summed E-state index contributed by atoms with van der Waals surface area (Å²) in [6.07, 6.45) is 0. The highest BCUT2D eigenvalue weighted by Crippen LogP contribution is 2.26. The van der Waals surface area contributed by atoms with Gasteiger partial charge in [-0.3, -0.25) is 0 Å². The normalized spacial score (nSPS) is 12.4. The van der Waals surface area contributed by atoms with E-state index in [9.17, 15) is 4.79 Å². The number of rotatable bonds is 7. The van der Waals surface area contributed by atoms with Gasteiger partial charge in [0.1, 0.15) is 23.9 Å². The van der Waals surface area contributed by atoms with Gasteiger partial charge >= 0.3 is 5.63 Å². The summed E-state index contributed by atoms with van der Waals surface area (Å²) < 4.78 is 10.7. The third-order valence-electron chi connectivity index (χ3n) is 5.42. The molecule has 4 rings (SSSR count). The fourth-order valence-electron chi connectivity index (χ4n) is 3.72. The van der Waals surface area contributed by atoms with Gasteiger partial charge in [0.2, 0.25) is 0 Å². The maximum atomic E-state index is 12.1. The summed E-state index contributed by atoms with van der Waals surface area (Å²) in [5.74, 6) is 1.18. The van der Waals surface area contributed by atoms with E-state index in [0.717, 1.165) is 10.9 Å². The van der Waals surface area contributed by atoms with Gasteiger partial charge in [-0.2, -0.15) is 0 Å². The van der Waals surface area contributed by atoms with Gasteiger partial charge in [-0.15, -0.1) is 11.3 Å². The first kappa shape index (κ1) is 20.4. The summed E-state index contributed by atoms with van der Waals surface area (Å²) in [5, 5.41) is 5.33. The van der Waals surface area contributed by atoms with Crippen molar-refractivity contribution in [3.05, 3.63) is 98.0 Å². The van der Waals surface area contributed by atoms with Gasteiger partial charge in [-0.25, -0.2) is 4.79 Å². The molecule has 0 aliphatic heterocycles. The highest BCUT2D eigenvalue weighted by molar-refractivity contribution is 7.10. The number of methoxy groups -OCH3 is 1. The molecule has 4 nitrogen and oxygen atoms in total. The number of nitrogens with two attached hydrogens (primary N) is 1. The number of ether oxygens (including phenoxy) is 1. The predicted molar refractivity (Wildman–Crippen MR) is 121 cm³/mol. The fourth-order valence-corrected chi connectivity index (χ4v) is 4.57. The van der Waals surface area contributed by atoms with E-state index in [1.807, 2.05) is 12.1 Å². The van der Waals surface area contributed by atoms with E-state index < -0.39 is 0 Å². The number of benzene rings is 2. The lowest BCUT2D eigenvalue weighted by atomic mass is 9.98. The highest BCUT2D eigenvalue weighted by atomic mass is 32.1. The van der Waals surface area contributed by atoms with Crippen molar-refractivity contribution in [2.45, 2.75) is 32.4 Å². The largest absolute Gasteiger partial charge is 0.497 e. The molecule has 2 aromatic carbocycles. The average molecular weight is 421 g/mol. The van der Waals surface area contributed by atoms with Crippen LogP contribution in [0.4, 0.5) is 0 Å². The zero-order valence-corrected chi connectivity index (χ0v) is 18.2. The number of hydrogen-bond donors (Lipinski definition) is 1. The molecule has 154 valence electrons. The summed E-state index contributed by atoms with van der Waals surface area (Å²) in [4.78, 5) is 13.4. The van der Waals surface area contributed by atoms with Crippen LogP contribution in [-0.2, 0) is 6.54 Å². The van der Waals surface area contributed by atoms with Crippen LogP contribution < -0.4 is 15.7 Å². The lowest BCUT2D eigenvalue weighted by Gasteiger charge is -2.16. The monoisotopic (exact) mass is 420 g/mol. The molecule has 4 aromatic rings. The molecule has 2 N–H and O–H groups in total. The lowest BCUT2D eigenvalue weighted by Crippen LogP contribution is -2.83. The smallest absolute Gasteiger partial charge is 0.336 e. The van der Waals surface area contributed by atoms with E-state index in [2.05, 4.69) is 60.9 Å². The Labute approximate surface area is 180 Å². The standard InChI is InChI=1S/C25H25NO3S/c1-16(2)17-6-8-18(9-7-17)25(23-5-4-12-30-23)26-15-19-13-24(27)29-22-14-20(28-3)10-11-21(19)22/h4-14,16,25-26H,15H2,1-3H3/p+1/t25-/m1/s1. The number of fused-ring (bicyclic) bond motifs is 1. The van der Waals surface area contributed by atoms with Crippen molar-refractivity contribution in [3.8, 4) is 5.75 Å². The van der Waals surface area contributed by atoms with Crippen molar-refractivity contribution in [3.63, 3.8) is 0 Å². The highest BCUT2D eigenvalue weighted by Gasteiger charge is 2.20. The van der Waals surface area contributed by atoms with Crippen molar-refractivity contribution in [1.29, 1.82) is 0 Å². The van der Waals surface area contributed by atoms with Gasteiger partial charge in [-0.1, -0.05) is 44.2 Å². The summed E-state index contributed by atoms with van der Waals surface area (Å²) in [6.45, 7) is 5.08. The van der Waals surface area contributed by atoms with Crippen molar-refractivity contribution in [2.75, 3.05) is 7.11 Å². The molecule has 0 bridgehead atoms. The Kier molecular flexibility index (Phi) is 6.02. The molecule has 1 atom stereocenters. The first-order chi connectivity index (χ1) is 14.5. The van der Waals surface area contributed by atoms with Crippen LogP contribution in [0.5, 0.6) is 5.75 Å². The van der Waals surface area contributed by atoms with Gasteiger partial charge in [-0.05, 0) is 35.1 Å². The minimum absolute atomic E-state index is 0.173. The Balaban J connectivity index is 1.66. The predicted octanol–water partition coefficient (Wildman–Crippen LogP) is 4.84. The zero-order chi connectivity index (χ0) is 21.1. The summed E-state index contributed by atoms with van der Waals surface area (Å²) in [5.41, 5.74) is 3.77.